The molecule has 1 amide bonds. The number of aromatic nitrogens is 1. The van der Waals surface area contributed by atoms with Crippen LogP contribution in [0.4, 0.5) is 0 Å². The number of carbonyl (C=O) groups excluding carboxylic acids is 1. The average molecular weight is 282 g/mol. The molecular formula is C18H22N2O. The predicted octanol–water partition coefficient (Wildman–Crippen LogP) is 3.91. The van der Waals surface area contributed by atoms with Crippen molar-refractivity contribution in [1.82, 2.24) is 10.3 Å². The molecule has 1 N–H and O–H groups in total. The molecule has 3 nitrogen and oxygen atoms in total. The van der Waals surface area contributed by atoms with E-state index in [1.807, 2.05) is 55.5 Å². The highest BCUT2D eigenvalue weighted by Crippen LogP contribution is 2.20. The third kappa shape index (κ3) is 4.42. The van der Waals surface area contributed by atoms with Gasteiger partial charge in [-0.3, -0.25) is 9.78 Å². The van der Waals surface area contributed by atoms with Crippen LogP contribution in [0, 0.1) is 12.8 Å². The molecule has 0 radical (unpaired) electrons. The van der Waals surface area contributed by atoms with Crippen molar-refractivity contribution >= 4 is 5.91 Å². The van der Waals surface area contributed by atoms with Gasteiger partial charge in [0.1, 0.15) is 0 Å². The Morgan fingerprint density at radius 2 is 1.81 bits per heavy atom. The summed E-state index contributed by atoms with van der Waals surface area (Å²) in [6.07, 6.45) is 0.870. The number of hydrogen-bond acceptors (Lipinski definition) is 2. The van der Waals surface area contributed by atoms with E-state index in [0.717, 1.165) is 17.8 Å². The summed E-state index contributed by atoms with van der Waals surface area (Å²) in [5.41, 5.74) is 2.57. The van der Waals surface area contributed by atoms with Crippen molar-refractivity contribution in [2.45, 2.75) is 33.2 Å². The lowest BCUT2D eigenvalue weighted by Crippen LogP contribution is -2.30. The van der Waals surface area contributed by atoms with E-state index in [4.69, 9.17) is 0 Å². The normalized spacial score (nSPS) is 12.2. The number of rotatable bonds is 5. The monoisotopic (exact) mass is 282 g/mol. The van der Waals surface area contributed by atoms with Crippen LogP contribution in [0.2, 0.25) is 0 Å². The second kappa shape index (κ2) is 7.02. The summed E-state index contributed by atoms with van der Waals surface area (Å²) in [6.45, 7) is 6.27. The van der Waals surface area contributed by atoms with Crippen molar-refractivity contribution in [3.63, 3.8) is 0 Å². The van der Waals surface area contributed by atoms with Crippen molar-refractivity contribution in [3.05, 3.63) is 65.5 Å². The molecule has 1 unspecified atom stereocenters. The first kappa shape index (κ1) is 15.2. The topological polar surface area (TPSA) is 42.0 Å². The Labute approximate surface area is 126 Å². The van der Waals surface area contributed by atoms with Gasteiger partial charge in [0.25, 0.3) is 5.91 Å². The SMILES string of the molecule is Cc1cccc(C(CC(C)C)NC(=O)c2ccccc2)n1. The van der Waals surface area contributed by atoms with Gasteiger partial charge in [-0.15, -0.1) is 0 Å². The summed E-state index contributed by atoms with van der Waals surface area (Å²) in [5.74, 6) is 0.429. The first-order valence-electron chi connectivity index (χ1n) is 7.35. The quantitative estimate of drug-likeness (QED) is 0.903. The Kier molecular flexibility index (Phi) is 5.09. The molecule has 2 aromatic rings. The molecule has 0 aliphatic rings. The van der Waals surface area contributed by atoms with Crippen LogP contribution in [0.3, 0.4) is 0 Å². The van der Waals surface area contributed by atoms with Gasteiger partial charge in [0.2, 0.25) is 0 Å². The minimum Gasteiger partial charge on any atom is -0.344 e. The van der Waals surface area contributed by atoms with Gasteiger partial charge >= 0.3 is 0 Å². The van der Waals surface area contributed by atoms with Gasteiger partial charge in [0.05, 0.1) is 11.7 Å². The maximum Gasteiger partial charge on any atom is 0.251 e. The summed E-state index contributed by atoms with van der Waals surface area (Å²) in [6, 6.07) is 15.2. The third-order valence-electron chi connectivity index (χ3n) is 3.32. The molecule has 1 heterocycles. The van der Waals surface area contributed by atoms with Crippen LogP contribution in [0.1, 0.15) is 48.1 Å². The van der Waals surface area contributed by atoms with Crippen LogP contribution in [0.5, 0.6) is 0 Å². The van der Waals surface area contributed by atoms with Gasteiger partial charge in [-0.2, -0.15) is 0 Å². The van der Waals surface area contributed by atoms with Crippen LogP contribution >= 0.6 is 0 Å². The van der Waals surface area contributed by atoms with Gasteiger partial charge < -0.3 is 5.32 Å². The molecule has 3 heteroatoms. The largest absolute Gasteiger partial charge is 0.344 e. The summed E-state index contributed by atoms with van der Waals surface area (Å²) in [7, 11) is 0. The molecule has 21 heavy (non-hydrogen) atoms. The maximum atomic E-state index is 12.4. The Morgan fingerprint density at radius 1 is 1.10 bits per heavy atom. The van der Waals surface area contributed by atoms with E-state index in [9.17, 15) is 4.79 Å². The van der Waals surface area contributed by atoms with E-state index >= 15 is 0 Å². The Morgan fingerprint density at radius 3 is 2.43 bits per heavy atom. The number of amides is 1. The van der Waals surface area contributed by atoms with E-state index in [2.05, 4.69) is 24.1 Å². The average Bonchev–Trinajstić information content (AvgIpc) is 2.47. The van der Waals surface area contributed by atoms with Gasteiger partial charge in [-0.05, 0) is 43.5 Å². The summed E-state index contributed by atoms with van der Waals surface area (Å²) in [5, 5.41) is 3.11. The summed E-state index contributed by atoms with van der Waals surface area (Å²) in [4.78, 5) is 16.9. The molecule has 1 aromatic heterocycles. The molecule has 0 bridgehead atoms. The second-order valence-corrected chi connectivity index (χ2v) is 5.73. The summed E-state index contributed by atoms with van der Waals surface area (Å²) >= 11 is 0. The van der Waals surface area contributed by atoms with Crippen molar-refractivity contribution in [3.8, 4) is 0 Å². The number of nitrogens with zero attached hydrogens (tertiary/aromatic N) is 1. The van der Waals surface area contributed by atoms with Crippen molar-refractivity contribution in [2.24, 2.45) is 5.92 Å². The van der Waals surface area contributed by atoms with Gasteiger partial charge in [-0.1, -0.05) is 38.1 Å². The third-order valence-corrected chi connectivity index (χ3v) is 3.32. The van der Waals surface area contributed by atoms with E-state index in [1.165, 1.54) is 0 Å². The minimum atomic E-state index is -0.0578. The molecule has 2 rings (SSSR count). The number of nitrogens with one attached hydrogen (secondary N) is 1. The van der Waals surface area contributed by atoms with Gasteiger partial charge in [0.15, 0.2) is 0 Å². The van der Waals surface area contributed by atoms with E-state index < -0.39 is 0 Å². The van der Waals surface area contributed by atoms with E-state index in [-0.39, 0.29) is 11.9 Å². The maximum absolute atomic E-state index is 12.4. The molecule has 0 fully saturated rings. The van der Waals surface area contributed by atoms with Crippen LogP contribution in [-0.2, 0) is 0 Å². The number of pyridine rings is 1. The van der Waals surface area contributed by atoms with Crippen molar-refractivity contribution < 1.29 is 4.79 Å². The highest BCUT2D eigenvalue weighted by Gasteiger charge is 2.18. The molecule has 0 aliphatic heterocycles. The van der Waals surface area contributed by atoms with Gasteiger partial charge in [0, 0.05) is 11.3 Å². The first-order valence-corrected chi connectivity index (χ1v) is 7.35. The molecule has 0 spiro atoms. The Balaban J connectivity index is 2.19. The highest BCUT2D eigenvalue weighted by atomic mass is 16.1. The summed E-state index contributed by atoms with van der Waals surface area (Å²) < 4.78 is 0. The lowest BCUT2D eigenvalue weighted by Gasteiger charge is -2.20. The van der Waals surface area contributed by atoms with Crippen LogP contribution in [0.25, 0.3) is 0 Å². The predicted molar refractivity (Wildman–Crippen MR) is 85.1 cm³/mol. The minimum absolute atomic E-state index is 0.0513. The molecule has 1 atom stereocenters. The molecule has 1 aromatic carbocycles. The van der Waals surface area contributed by atoms with E-state index in [1.54, 1.807) is 0 Å². The number of benzene rings is 1. The fraction of sp³-hybridized carbons (Fsp3) is 0.333. The zero-order valence-electron chi connectivity index (χ0n) is 12.8. The standard InChI is InChI=1S/C18H22N2O/c1-13(2)12-17(16-11-7-8-14(3)19-16)20-18(21)15-9-5-4-6-10-15/h4-11,13,17H,12H2,1-3H3,(H,20,21). The zero-order valence-corrected chi connectivity index (χ0v) is 12.8. The molecule has 0 saturated carbocycles. The lowest BCUT2D eigenvalue weighted by molar-refractivity contribution is 0.0931. The zero-order chi connectivity index (χ0) is 15.2. The smallest absolute Gasteiger partial charge is 0.251 e. The van der Waals surface area contributed by atoms with E-state index in [0.29, 0.717) is 11.5 Å². The number of aryl methyl sites for hydroxylation is 1. The molecule has 0 aliphatic carbocycles. The number of carbonyl (C=O) groups is 1. The highest BCUT2D eigenvalue weighted by molar-refractivity contribution is 5.94. The van der Waals surface area contributed by atoms with Crippen LogP contribution in [-0.4, -0.2) is 10.9 Å². The van der Waals surface area contributed by atoms with Gasteiger partial charge in [-0.25, -0.2) is 0 Å². The fourth-order valence-electron chi connectivity index (χ4n) is 2.31. The number of hydrogen-bond donors (Lipinski definition) is 1. The van der Waals surface area contributed by atoms with Crippen molar-refractivity contribution in [1.29, 1.82) is 0 Å². The molecular weight excluding hydrogens is 260 g/mol. The Bertz CT molecular complexity index is 593. The van der Waals surface area contributed by atoms with Crippen LogP contribution < -0.4 is 5.32 Å². The first-order chi connectivity index (χ1) is 10.1. The lowest BCUT2D eigenvalue weighted by atomic mass is 10.00. The fourth-order valence-corrected chi connectivity index (χ4v) is 2.31. The second-order valence-electron chi connectivity index (χ2n) is 5.73. The molecule has 0 saturated heterocycles. The Hall–Kier alpha value is -2.16. The van der Waals surface area contributed by atoms with Crippen molar-refractivity contribution in [2.75, 3.05) is 0 Å². The molecule has 110 valence electrons. The van der Waals surface area contributed by atoms with Crippen LogP contribution in [0.15, 0.2) is 48.5 Å².